The molecule has 0 radical (unpaired) electrons. The molecule has 0 rings (SSSR count). The second-order valence-electron chi connectivity index (χ2n) is 4.71. The molecule has 0 aromatic carbocycles. The van der Waals surface area contributed by atoms with Crippen molar-refractivity contribution < 1.29 is 4.79 Å². The lowest BCUT2D eigenvalue weighted by Gasteiger charge is -2.26. The fraction of sp³-hybridized carbons (Fsp3) is 0.833. The molecule has 0 aliphatic heterocycles. The van der Waals surface area contributed by atoms with Crippen molar-refractivity contribution in [1.29, 1.82) is 5.26 Å². The van der Waals surface area contributed by atoms with Gasteiger partial charge in [0.15, 0.2) is 0 Å². The van der Waals surface area contributed by atoms with Gasteiger partial charge in [-0.2, -0.15) is 5.26 Å². The van der Waals surface area contributed by atoms with Crippen LogP contribution in [0.5, 0.6) is 0 Å². The van der Waals surface area contributed by atoms with Gasteiger partial charge >= 0.3 is 0 Å². The summed E-state index contributed by atoms with van der Waals surface area (Å²) in [4.78, 5) is 13.6. The summed E-state index contributed by atoms with van der Waals surface area (Å²) < 4.78 is 0. The van der Waals surface area contributed by atoms with Gasteiger partial charge in [-0.1, -0.05) is 20.8 Å². The zero-order valence-electron chi connectivity index (χ0n) is 10.5. The van der Waals surface area contributed by atoms with E-state index in [2.05, 4.69) is 19.9 Å². The molecule has 1 amide bonds. The van der Waals surface area contributed by atoms with Gasteiger partial charge < -0.3 is 4.90 Å². The van der Waals surface area contributed by atoms with Gasteiger partial charge in [0.25, 0.3) is 0 Å². The molecule has 15 heavy (non-hydrogen) atoms. The van der Waals surface area contributed by atoms with Crippen molar-refractivity contribution in [3.05, 3.63) is 0 Å². The standard InChI is InChI=1S/C12H22N2O/c1-6-12(4,9-13)11(15)14(5)8-7-10(2)3/h10H,6-8H2,1-5H3. The zero-order chi connectivity index (χ0) is 12.1. The van der Waals surface area contributed by atoms with E-state index < -0.39 is 5.41 Å². The van der Waals surface area contributed by atoms with Crippen molar-refractivity contribution in [3.63, 3.8) is 0 Å². The zero-order valence-corrected chi connectivity index (χ0v) is 10.5. The van der Waals surface area contributed by atoms with Crippen LogP contribution >= 0.6 is 0 Å². The number of nitrogens with zero attached hydrogens (tertiary/aromatic N) is 2. The molecule has 0 aliphatic rings. The maximum Gasteiger partial charge on any atom is 0.242 e. The van der Waals surface area contributed by atoms with Crippen LogP contribution in [0.2, 0.25) is 0 Å². The first kappa shape index (κ1) is 14.0. The Labute approximate surface area is 93.1 Å². The Kier molecular flexibility index (Phi) is 5.35. The molecular formula is C12H22N2O. The van der Waals surface area contributed by atoms with Crippen LogP contribution in [-0.2, 0) is 4.79 Å². The van der Waals surface area contributed by atoms with Crippen molar-refractivity contribution in [3.8, 4) is 6.07 Å². The van der Waals surface area contributed by atoms with Crippen molar-refractivity contribution >= 4 is 5.91 Å². The first-order chi connectivity index (χ1) is 6.87. The molecule has 0 fully saturated rings. The van der Waals surface area contributed by atoms with Gasteiger partial charge in [0, 0.05) is 13.6 Å². The van der Waals surface area contributed by atoms with Crippen molar-refractivity contribution in [1.82, 2.24) is 4.90 Å². The predicted octanol–water partition coefficient (Wildman–Crippen LogP) is 2.43. The van der Waals surface area contributed by atoms with Gasteiger partial charge in [-0.3, -0.25) is 4.79 Å². The van der Waals surface area contributed by atoms with Gasteiger partial charge in [-0.05, 0) is 25.7 Å². The van der Waals surface area contributed by atoms with Crippen molar-refractivity contribution in [2.24, 2.45) is 11.3 Å². The highest BCUT2D eigenvalue weighted by atomic mass is 16.2. The SMILES string of the molecule is CCC(C)(C#N)C(=O)N(C)CCC(C)C. The quantitative estimate of drug-likeness (QED) is 0.699. The third-order valence-electron chi connectivity index (χ3n) is 2.81. The number of amides is 1. The van der Waals surface area contributed by atoms with Crippen molar-refractivity contribution in [2.75, 3.05) is 13.6 Å². The molecule has 0 spiro atoms. The van der Waals surface area contributed by atoms with E-state index in [1.807, 2.05) is 6.92 Å². The van der Waals surface area contributed by atoms with Crippen LogP contribution < -0.4 is 0 Å². The molecule has 0 bridgehead atoms. The molecule has 3 heteroatoms. The summed E-state index contributed by atoms with van der Waals surface area (Å²) in [5.41, 5.74) is -0.855. The van der Waals surface area contributed by atoms with Crippen LogP contribution in [0.3, 0.4) is 0 Å². The van der Waals surface area contributed by atoms with E-state index in [1.54, 1.807) is 18.9 Å². The van der Waals surface area contributed by atoms with Crippen LogP contribution in [0.1, 0.15) is 40.5 Å². The second kappa shape index (κ2) is 5.75. The molecule has 0 heterocycles. The molecule has 0 saturated carbocycles. The smallest absolute Gasteiger partial charge is 0.242 e. The van der Waals surface area contributed by atoms with Gasteiger partial charge in [-0.15, -0.1) is 0 Å². The van der Waals surface area contributed by atoms with Crippen LogP contribution in [-0.4, -0.2) is 24.4 Å². The van der Waals surface area contributed by atoms with Crippen LogP contribution in [0, 0.1) is 22.7 Å². The third-order valence-corrected chi connectivity index (χ3v) is 2.81. The van der Waals surface area contributed by atoms with Crippen molar-refractivity contribution in [2.45, 2.75) is 40.5 Å². The number of hydrogen-bond donors (Lipinski definition) is 0. The normalized spacial score (nSPS) is 14.5. The number of carbonyl (C=O) groups is 1. The predicted molar refractivity (Wildman–Crippen MR) is 61.1 cm³/mol. The summed E-state index contributed by atoms with van der Waals surface area (Å²) in [6, 6.07) is 2.11. The Bertz CT molecular complexity index is 255. The number of nitriles is 1. The molecule has 0 saturated heterocycles. The largest absolute Gasteiger partial charge is 0.344 e. The van der Waals surface area contributed by atoms with Gasteiger partial charge in [-0.25, -0.2) is 0 Å². The highest BCUT2D eigenvalue weighted by Crippen LogP contribution is 2.22. The number of carbonyl (C=O) groups excluding carboxylic acids is 1. The Morgan fingerprint density at radius 3 is 2.40 bits per heavy atom. The number of hydrogen-bond acceptors (Lipinski definition) is 2. The summed E-state index contributed by atoms with van der Waals surface area (Å²) >= 11 is 0. The van der Waals surface area contributed by atoms with Gasteiger partial charge in [0.2, 0.25) is 5.91 Å². The molecule has 0 aromatic heterocycles. The maximum absolute atomic E-state index is 11.9. The summed E-state index contributed by atoms with van der Waals surface area (Å²) in [6.45, 7) is 8.57. The van der Waals surface area contributed by atoms with E-state index in [-0.39, 0.29) is 5.91 Å². The summed E-state index contributed by atoms with van der Waals surface area (Å²) in [7, 11) is 1.77. The molecule has 86 valence electrons. The van der Waals surface area contributed by atoms with Crippen LogP contribution in [0.4, 0.5) is 0 Å². The Morgan fingerprint density at radius 2 is 2.07 bits per heavy atom. The monoisotopic (exact) mass is 210 g/mol. The lowest BCUT2D eigenvalue weighted by atomic mass is 9.88. The molecule has 0 N–H and O–H groups in total. The Hall–Kier alpha value is -1.04. The topological polar surface area (TPSA) is 44.1 Å². The van der Waals surface area contributed by atoms with E-state index in [9.17, 15) is 4.79 Å². The third kappa shape index (κ3) is 3.91. The van der Waals surface area contributed by atoms with E-state index in [4.69, 9.17) is 5.26 Å². The molecule has 3 nitrogen and oxygen atoms in total. The maximum atomic E-state index is 11.9. The minimum absolute atomic E-state index is 0.0619. The Balaban J connectivity index is 4.38. The lowest BCUT2D eigenvalue weighted by Crippen LogP contribution is -2.39. The molecule has 0 aliphatic carbocycles. The highest BCUT2D eigenvalue weighted by molar-refractivity contribution is 5.84. The fourth-order valence-electron chi connectivity index (χ4n) is 1.25. The van der Waals surface area contributed by atoms with E-state index in [0.29, 0.717) is 12.3 Å². The van der Waals surface area contributed by atoms with Crippen LogP contribution in [0.25, 0.3) is 0 Å². The lowest BCUT2D eigenvalue weighted by molar-refractivity contribution is -0.137. The summed E-state index contributed by atoms with van der Waals surface area (Å²) in [6.07, 6.45) is 1.54. The first-order valence-electron chi connectivity index (χ1n) is 5.54. The van der Waals surface area contributed by atoms with E-state index >= 15 is 0 Å². The number of rotatable bonds is 5. The Morgan fingerprint density at radius 1 is 1.53 bits per heavy atom. The summed E-state index contributed by atoms with van der Waals surface area (Å²) in [5, 5.41) is 8.98. The van der Waals surface area contributed by atoms with Gasteiger partial charge in [0.05, 0.1) is 6.07 Å². The van der Waals surface area contributed by atoms with E-state index in [1.165, 1.54) is 0 Å². The average molecular weight is 210 g/mol. The summed E-state index contributed by atoms with van der Waals surface area (Å²) in [5.74, 6) is 0.517. The molecule has 1 atom stereocenters. The fourth-order valence-corrected chi connectivity index (χ4v) is 1.25. The van der Waals surface area contributed by atoms with Gasteiger partial charge in [0.1, 0.15) is 5.41 Å². The highest BCUT2D eigenvalue weighted by Gasteiger charge is 2.33. The average Bonchev–Trinajstić information content (AvgIpc) is 2.23. The second-order valence-corrected chi connectivity index (χ2v) is 4.71. The molecule has 1 unspecified atom stereocenters. The van der Waals surface area contributed by atoms with Crippen LogP contribution in [0.15, 0.2) is 0 Å². The minimum atomic E-state index is -0.855. The van der Waals surface area contributed by atoms with E-state index in [0.717, 1.165) is 13.0 Å². The molecular weight excluding hydrogens is 188 g/mol. The molecule has 0 aromatic rings. The minimum Gasteiger partial charge on any atom is -0.344 e. The first-order valence-corrected chi connectivity index (χ1v) is 5.54.